The molecule has 1 fully saturated rings. The molecule has 7 heteroatoms. The molecule has 0 aromatic rings. The minimum Gasteiger partial charge on any atom is -0.480 e. The SMILES string of the molecule is COC(=O)CCC(NC(=O)C(C)C1CNC1)C(=O)O. The van der Waals surface area contributed by atoms with E-state index in [1.54, 1.807) is 6.92 Å². The first-order chi connectivity index (χ1) is 8.95. The molecule has 1 saturated heterocycles. The van der Waals surface area contributed by atoms with Crippen molar-refractivity contribution in [2.75, 3.05) is 20.2 Å². The van der Waals surface area contributed by atoms with Crippen molar-refractivity contribution in [1.82, 2.24) is 10.6 Å². The zero-order chi connectivity index (χ0) is 14.4. The number of ether oxygens (including phenoxy) is 1. The molecule has 0 radical (unpaired) electrons. The number of aliphatic carboxylic acids is 1. The Morgan fingerprint density at radius 3 is 2.47 bits per heavy atom. The van der Waals surface area contributed by atoms with Gasteiger partial charge in [-0.2, -0.15) is 0 Å². The predicted octanol–water partition coefficient (Wildman–Crippen LogP) is -0.635. The van der Waals surface area contributed by atoms with Gasteiger partial charge in [-0.1, -0.05) is 6.92 Å². The number of hydrogen-bond donors (Lipinski definition) is 3. The molecule has 0 saturated carbocycles. The van der Waals surface area contributed by atoms with Crippen molar-refractivity contribution in [3.8, 4) is 0 Å². The fourth-order valence-electron chi connectivity index (χ4n) is 1.80. The molecule has 1 heterocycles. The number of carbonyl (C=O) groups is 3. The van der Waals surface area contributed by atoms with Crippen molar-refractivity contribution in [3.63, 3.8) is 0 Å². The van der Waals surface area contributed by atoms with Crippen molar-refractivity contribution < 1.29 is 24.2 Å². The van der Waals surface area contributed by atoms with E-state index in [-0.39, 0.29) is 30.6 Å². The van der Waals surface area contributed by atoms with Gasteiger partial charge in [0.15, 0.2) is 0 Å². The van der Waals surface area contributed by atoms with Crippen LogP contribution in [0.1, 0.15) is 19.8 Å². The summed E-state index contributed by atoms with van der Waals surface area (Å²) < 4.78 is 4.44. The lowest BCUT2D eigenvalue weighted by Crippen LogP contribution is -2.52. The van der Waals surface area contributed by atoms with E-state index in [0.717, 1.165) is 13.1 Å². The van der Waals surface area contributed by atoms with E-state index < -0.39 is 18.0 Å². The lowest BCUT2D eigenvalue weighted by molar-refractivity contribution is -0.144. The molecule has 0 aromatic carbocycles. The molecule has 2 unspecified atom stereocenters. The number of amides is 1. The summed E-state index contributed by atoms with van der Waals surface area (Å²) in [6.07, 6.45) is -0.00348. The van der Waals surface area contributed by atoms with Gasteiger partial charge in [-0.15, -0.1) is 0 Å². The highest BCUT2D eigenvalue weighted by Crippen LogP contribution is 2.16. The Hall–Kier alpha value is -1.63. The number of carbonyl (C=O) groups excluding carboxylic acids is 2. The molecule has 0 bridgehead atoms. The van der Waals surface area contributed by atoms with Crippen molar-refractivity contribution in [1.29, 1.82) is 0 Å². The largest absolute Gasteiger partial charge is 0.480 e. The molecule has 7 nitrogen and oxygen atoms in total. The van der Waals surface area contributed by atoms with E-state index in [1.165, 1.54) is 7.11 Å². The number of carboxylic acid groups (broad SMARTS) is 1. The highest BCUT2D eigenvalue weighted by Gasteiger charge is 2.31. The average Bonchev–Trinajstić information content (AvgIpc) is 2.30. The van der Waals surface area contributed by atoms with Crippen molar-refractivity contribution in [2.45, 2.75) is 25.8 Å². The maximum absolute atomic E-state index is 11.9. The lowest BCUT2D eigenvalue weighted by Gasteiger charge is -2.32. The maximum atomic E-state index is 11.9. The van der Waals surface area contributed by atoms with Crippen LogP contribution in [-0.4, -0.2) is 49.2 Å². The predicted molar refractivity (Wildman–Crippen MR) is 66.3 cm³/mol. The van der Waals surface area contributed by atoms with Crippen LogP contribution >= 0.6 is 0 Å². The fourth-order valence-corrected chi connectivity index (χ4v) is 1.80. The average molecular weight is 272 g/mol. The molecule has 0 aromatic heterocycles. The van der Waals surface area contributed by atoms with E-state index in [9.17, 15) is 14.4 Å². The van der Waals surface area contributed by atoms with E-state index >= 15 is 0 Å². The Labute approximate surface area is 111 Å². The monoisotopic (exact) mass is 272 g/mol. The zero-order valence-corrected chi connectivity index (χ0v) is 11.1. The summed E-state index contributed by atoms with van der Waals surface area (Å²) in [6, 6.07) is -1.05. The zero-order valence-electron chi connectivity index (χ0n) is 11.1. The molecule has 1 rings (SSSR count). The summed E-state index contributed by atoms with van der Waals surface area (Å²) in [6.45, 7) is 3.32. The number of carboxylic acids is 1. The highest BCUT2D eigenvalue weighted by atomic mass is 16.5. The topological polar surface area (TPSA) is 105 Å². The Bertz CT molecular complexity index is 354. The summed E-state index contributed by atoms with van der Waals surface area (Å²) in [5.74, 6) is -1.91. The second-order valence-electron chi connectivity index (χ2n) is 4.72. The van der Waals surface area contributed by atoms with E-state index in [4.69, 9.17) is 5.11 Å². The summed E-state index contributed by atoms with van der Waals surface area (Å²) in [5.41, 5.74) is 0. The third-order valence-corrected chi connectivity index (χ3v) is 3.41. The van der Waals surface area contributed by atoms with Gasteiger partial charge in [0.1, 0.15) is 6.04 Å². The third-order valence-electron chi connectivity index (χ3n) is 3.41. The van der Waals surface area contributed by atoms with Crippen molar-refractivity contribution >= 4 is 17.8 Å². The number of esters is 1. The quantitative estimate of drug-likeness (QED) is 0.533. The van der Waals surface area contributed by atoms with Gasteiger partial charge in [0, 0.05) is 12.3 Å². The first-order valence-corrected chi connectivity index (χ1v) is 6.26. The molecular weight excluding hydrogens is 252 g/mol. The molecule has 0 spiro atoms. The molecule has 108 valence electrons. The van der Waals surface area contributed by atoms with E-state index in [1.807, 2.05) is 0 Å². The summed E-state index contributed by atoms with van der Waals surface area (Å²) in [7, 11) is 1.24. The van der Waals surface area contributed by atoms with E-state index in [2.05, 4.69) is 15.4 Å². The maximum Gasteiger partial charge on any atom is 0.326 e. The van der Waals surface area contributed by atoms with Gasteiger partial charge in [-0.05, 0) is 25.4 Å². The minimum absolute atomic E-state index is 0.0311. The molecule has 1 aliphatic rings. The van der Waals surface area contributed by atoms with Crippen LogP contribution in [0, 0.1) is 11.8 Å². The number of methoxy groups -OCH3 is 1. The van der Waals surface area contributed by atoms with Crippen LogP contribution in [0.2, 0.25) is 0 Å². The van der Waals surface area contributed by atoms with Gasteiger partial charge in [0.05, 0.1) is 7.11 Å². The van der Waals surface area contributed by atoms with Crippen LogP contribution in [0.15, 0.2) is 0 Å². The van der Waals surface area contributed by atoms with Crippen LogP contribution in [-0.2, 0) is 19.1 Å². The summed E-state index contributed by atoms with van der Waals surface area (Å²) >= 11 is 0. The minimum atomic E-state index is -1.14. The Balaban J connectivity index is 2.45. The molecule has 19 heavy (non-hydrogen) atoms. The van der Waals surface area contributed by atoms with Crippen molar-refractivity contribution in [3.05, 3.63) is 0 Å². The number of nitrogens with one attached hydrogen (secondary N) is 2. The molecule has 2 atom stereocenters. The van der Waals surface area contributed by atoms with Gasteiger partial charge in [0.25, 0.3) is 0 Å². The van der Waals surface area contributed by atoms with Crippen molar-refractivity contribution in [2.24, 2.45) is 11.8 Å². The molecule has 3 N–H and O–H groups in total. The van der Waals surface area contributed by atoms with E-state index in [0.29, 0.717) is 0 Å². The molecule has 1 amide bonds. The summed E-state index contributed by atoms with van der Waals surface area (Å²) in [5, 5.41) is 14.6. The lowest BCUT2D eigenvalue weighted by atomic mass is 9.88. The second kappa shape index (κ2) is 7.08. The Morgan fingerprint density at radius 1 is 1.42 bits per heavy atom. The fraction of sp³-hybridized carbons (Fsp3) is 0.750. The van der Waals surface area contributed by atoms with Crippen LogP contribution in [0.4, 0.5) is 0 Å². The Morgan fingerprint density at radius 2 is 2.05 bits per heavy atom. The second-order valence-corrected chi connectivity index (χ2v) is 4.72. The van der Waals surface area contributed by atoms with Crippen LogP contribution in [0.5, 0.6) is 0 Å². The molecular formula is C12H20N2O5. The molecule has 1 aliphatic heterocycles. The van der Waals surface area contributed by atoms with Gasteiger partial charge in [-0.3, -0.25) is 9.59 Å². The third kappa shape index (κ3) is 4.51. The van der Waals surface area contributed by atoms with Gasteiger partial charge < -0.3 is 20.5 Å². The van der Waals surface area contributed by atoms with Crippen LogP contribution in [0.25, 0.3) is 0 Å². The highest BCUT2D eigenvalue weighted by molar-refractivity contribution is 5.85. The first kappa shape index (κ1) is 15.4. The summed E-state index contributed by atoms with van der Waals surface area (Å²) in [4.78, 5) is 33.9. The smallest absolute Gasteiger partial charge is 0.326 e. The van der Waals surface area contributed by atoms with Crippen LogP contribution < -0.4 is 10.6 Å². The number of rotatable bonds is 7. The van der Waals surface area contributed by atoms with Crippen LogP contribution in [0.3, 0.4) is 0 Å². The Kier molecular flexibility index (Phi) is 5.75. The van der Waals surface area contributed by atoms with Gasteiger partial charge >= 0.3 is 11.9 Å². The standard InChI is InChI=1S/C12H20N2O5/c1-7(8-5-13-6-8)11(16)14-9(12(17)18)3-4-10(15)19-2/h7-9,13H,3-6H2,1-2H3,(H,14,16)(H,17,18). The molecule has 0 aliphatic carbocycles. The first-order valence-electron chi connectivity index (χ1n) is 6.26. The number of hydrogen-bond acceptors (Lipinski definition) is 5. The normalized spacial score (nSPS) is 18.0. The van der Waals surface area contributed by atoms with Gasteiger partial charge in [0.2, 0.25) is 5.91 Å². The van der Waals surface area contributed by atoms with Gasteiger partial charge in [-0.25, -0.2) is 4.79 Å².